The lowest BCUT2D eigenvalue weighted by Crippen LogP contribution is -2.31. The van der Waals surface area contributed by atoms with Crippen LogP contribution in [-0.2, 0) is 19.7 Å². The van der Waals surface area contributed by atoms with Crippen molar-refractivity contribution >= 4 is 25.6 Å². The highest BCUT2D eigenvalue weighted by Crippen LogP contribution is 2.47. The largest absolute Gasteiger partial charge is 0.492 e. The lowest BCUT2D eigenvalue weighted by atomic mass is 10.1. The molecule has 204 valence electrons. The van der Waals surface area contributed by atoms with Gasteiger partial charge in [0.1, 0.15) is 11.0 Å². The lowest BCUT2D eigenvalue weighted by molar-refractivity contribution is 0.0946. The Kier molecular flexibility index (Phi) is 10.1. The number of carbonyl (C=O) groups is 1. The number of ether oxygens (including phenoxy) is 1. The smallest absolute Gasteiger partial charge is 0.255 e. The molecule has 0 saturated carbocycles. The molecular weight excluding hydrogens is 512 g/mol. The predicted octanol–water partition coefficient (Wildman–Crippen LogP) is 4.02. The highest BCUT2D eigenvalue weighted by atomic mass is 32.2. The van der Waals surface area contributed by atoms with Crippen LogP contribution in [0.4, 0.5) is 0 Å². The number of sulfone groups is 2. The molecular formula is C27H38N2O6S2. The van der Waals surface area contributed by atoms with E-state index in [9.17, 15) is 21.6 Å². The van der Waals surface area contributed by atoms with Gasteiger partial charge in [0.2, 0.25) is 0 Å². The predicted molar refractivity (Wildman–Crippen MR) is 145 cm³/mol. The first-order chi connectivity index (χ1) is 17.6. The standard InChI is InChI=1S/C27H38N2O6S2/c1-4-5-6-7-8-12-19-35-26-22(27(30)28-17-18-29(2)3)15-16-23-25(26)24(20-36(23,31)32)37(33,34)21-13-10-9-11-14-21/h9-11,13-16,24H,4-8,12,17-20H2,1-3H3,(H,28,30). The molecule has 3 rings (SSSR count). The SMILES string of the molecule is CCCCCCCCOc1c(C(=O)NCCN(C)C)ccc2c1C(S(=O)(=O)c1ccccc1)CS2(=O)=O. The highest BCUT2D eigenvalue weighted by Gasteiger charge is 2.46. The van der Waals surface area contributed by atoms with Crippen molar-refractivity contribution < 1.29 is 26.4 Å². The number of nitrogens with one attached hydrogen (secondary N) is 1. The van der Waals surface area contributed by atoms with Crippen LogP contribution >= 0.6 is 0 Å². The van der Waals surface area contributed by atoms with E-state index in [0.717, 1.165) is 32.1 Å². The second-order valence-electron chi connectivity index (χ2n) is 9.66. The molecule has 1 atom stereocenters. The summed E-state index contributed by atoms with van der Waals surface area (Å²) in [5.74, 6) is -0.958. The molecule has 0 fully saturated rings. The van der Waals surface area contributed by atoms with Gasteiger partial charge >= 0.3 is 0 Å². The number of amides is 1. The lowest BCUT2D eigenvalue weighted by Gasteiger charge is -2.19. The van der Waals surface area contributed by atoms with Crippen LogP contribution in [0.3, 0.4) is 0 Å². The topological polar surface area (TPSA) is 110 Å². The van der Waals surface area contributed by atoms with Crippen molar-refractivity contribution in [1.82, 2.24) is 10.2 Å². The Morgan fingerprint density at radius 1 is 1.03 bits per heavy atom. The van der Waals surface area contributed by atoms with Crippen LogP contribution in [0.5, 0.6) is 5.75 Å². The van der Waals surface area contributed by atoms with Crippen LogP contribution in [0.15, 0.2) is 52.3 Å². The minimum Gasteiger partial charge on any atom is -0.492 e. The molecule has 1 aliphatic rings. The molecule has 2 aromatic rings. The number of benzene rings is 2. The van der Waals surface area contributed by atoms with E-state index in [4.69, 9.17) is 4.74 Å². The van der Waals surface area contributed by atoms with Crippen LogP contribution in [0, 0.1) is 0 Å². The summed E-state index contributed by atoms with van der Waals surface area (Å²) in [5, 5.41) is 1.48. The van der Waals surface area contributed by atoms with Gasteiger partial charge in [0.05, 0.1) is 27.7 Å². The number of unbranched alkanes of at least 4 members (excludes halogenated alkanes) is 5. The molecule has 1 amide bonds. The number of fused-ring (bicyclic) bond motifs is 1. The maximum Gasteiger partial charge on any atom is 0.255 e. The molecule has 1 aliphatic heterocycles. The van der Waals surface area contributed by atoms with E-state index in [1.165, 1.54) is 30.7 Å². The Morgan fingerprint density at radius 3 is 2.38 bits per heavy atom. The molecule has 0 radical (unpaired) electrons. The molecule has 0 spiro atoms. The van der Waals surface area contributed by atoms with Gasteiger partial charge in [-0.2, -0.15) is 0 Å². The Labute approximate surface area is 221 Å². The molecule has 0 bridgehead atoms. The van der Waals surface area contributed by atoms with Gasteiger partial charge in [0.25, 0.3) is 5.91 Å². The molecule has 1 N–H and O–H groups in total. The summed E-state index contributed by atoms with van der Waals surface area (Å²) in [6, 6.07) is 10.6. The zero-order valence-electron chi connectivity index (χ0n) is 21.9. The third-order valence-corrected chi connectivity index (χ3v) is 10.6. The second-order valence-corrected chi connectivity index (χ2v) is 13.8. The summed E-state index contributed by atoms with van der Waals surface area (Å²) in [4.78, 5) is 15.0. The zero-order chi connectivity index (χ0) is 27.1. The van der Waals surface area contributed by atoms with Gasteiger partial charge in [0, 0.05) is 18.7 Å². The van der Waals surface area contributed by atoms with E-state index < -0.39 is 36.6 Å². The monoisotopic (exact) mass is 550 g/mol. The molecule has 0 saturated heterocycles. The average molecular weight is 551 g/mol. The maximum absolute atomic E-state index is 13.6. The van der Waals surface area contributed by atoms with Gasteiger partial charge in [-0.15, -0.1) is 0 Å². The molecule has 2 aromatic carbocycles. The van der Waals surface area contributed by atoms with Crippen molar-refractivity contribution in [2.24, 2.45) is 0 Å². The van der Waals surface area contributed by atoms with E-state index in [1.54, 1.807) is 18.2 Å². The number of likely N-dealkylation sites (N-methyl/N-ethyl adjacent to an activating group) is 1. The minimum atomic E-state index is -4.06. The zero-order valence-corrected chi connectivity index (χ0v) is 23.5. The van der Waals surface area contributed by atoms with Crippen LogP contribution in [0.25, 0.3) is 0 Å². The Balaban J connectivity index is 2.00. The van der Waals surface area contributed by atoms with Crippen molar-refractivity contribution in [2.45, 2.75) is 60.5 Å². The van der Waals surface area contributed by atoms with Crippen molar-refractivity contribution in [3.63, 3.8) is 0 Å². The average Bonchev–Trinajstić information content (AvgIpc) is 3.15. The van der Waals surface area contributed by atoms with Crippen molar-refractivity contribution in [3.8, 4) is 5.75 Å². The summed E-state index contributed by atoms with van der Waals surface area (Å²) >= 11 is 0. The minimum absolute atomic E-state index is 0.0331. The Bertz CT molecular complexity index is 1280. The van der Waals surface area contributed by atoms with Gasteiger partial charge in [-0.1, -0.05) is 57.2 Å². The van der Waals surface area contributed by atoms with Crippen molar-refractivity contribution in [3.05, 3.63) is 53.6 Å². The Morgan fingerprint density at radius 2 is 1.70 bits per heavy atom. The van der Waals surface area contributed by atoms with Gasteiger partial charge in [-0.05, 0) is 44.8 Å². The second kappa shape index (κ2) is 12.9. The first-order valence-electron chi connectivity index (χ1n) is 12.8. The van der Waals surface area contributed by atoms with E-state index in [1.807, 2.05) is 19.0 Å². The number of rotatable bonds is 14. The molecule has 0 aliphatic carbocycles. The fourth-order valence-corrected chi connectivity index (χ4v) is 8.76. The maximum atomic E-state index is 13.6. The summed E-state index contributed by atoms with van der Waals surface area (Å²) < 4.78 is 59.5. The van der Waals surface area contributed by atoms with Crippen LogP contribution in [0.1, 0.15) is 66.6 Å². The molecule has 0 aromatic heterocycles. The molecule has 8 nitrogen and oxygen atoms in total. The quantitative estimate of drug-likeness (QED) is 0.354. The summed E-state index contributed by atoms with van der Waals surface area (Å²) in [6.07, 6.45) is 6.15. The van der Waals surface area contributed by atoms with E-state index >= 15 is 0 Å². The number of carbonyl (C=O) groups excluding carboxylic acids is 1. The van der Waals surface area contributed by atoms with Gasteiger partial charge in [-0.3, -0.25) is 4.79 Å². The molecule has 37 heavy (non-hydrogen) atoms. The van der Waals surface area contributed by atoms with Crippen molar-refractivity contribution in [1.29, 1.82) is 0 Å². The first-order valence-corrected chi connectivity index (χ1v) is 16.0. The summed E-state index contributed by atoms with van der Waals surface area (Å²) in [7, 11) is -4.16. The number of hydrogen-bond acceptors (Lipinski definition) is 7. The summed E-state index contributed by atoms with van der Waals surface area (Å²) in [6.45, 7) is 3.41. The van der Waals surface area contributed by atoms with Gasteiger partial charge < -0.3 is 15.0 Å². The van der Waals surface area contributed by atoms with E-state index in [0.29, 0.717) is 13.1 Å². The fourth-order valence-electron chi connectivity index (χ4n) is 4.43. The van der Waals surface area contributed by atoms with E-state index in [2.05, 4.69) is 12.2 Å². The van der Waals surface area contributed by atoms with Crippen LogP contribution in [-0.4, -0.2) is 67.2 Å². The van der Waals surface area contributed by atoms with Crippen LogP contribution < -0.4 is 10.1 Å². The molecule has 1 unspecified atom stereocenters. The first kappa shape index (κ1) is 29.1. The normalized spacial score (nSPS) is 16.5. The third-order valence-electron chi connectivity index (χ3n) is 6.46. The number of hydrogen-bond donors (Lipinski definition) is 1. The third kappa shape index (κ3) is 7.12. The van der Waals surface area contributed by atoms with Gasteiger partial charge in [0.15, 0.2) is 19.7 Å². The molecule has 1 heterocycles. The Hall–Kier alpha value is -2.43. The van der Waals surface area contributed by atoms with Crippen molar-refractivity contribution in [2.75, 3.05) is 39.5 Å². The fraction of sp³-hybridized carbons (Fsp3) is 0.519. The summed E-state index contributed by atoms with van der Waals surface area (Å²) in [5.41, 5.74) is 0.212. The molecule has 10 heteroatoms. The van der Waals surface area contributed by atoms with Gasteiger partial charge in [-0.25, -0.2) is 16.8 Å². The van der Waals surface area contributed by atoms with Crippen LogP contribution in [0.2, 0.25) is 0 Å². The highest BCUT2D eigenvalue weighted by molar-refractivity contribution is 7.96. The number of nitrogens with zero attached hydrogens (tertiary/aromatic N) is 1. The van der Waals surface area contributed by atoms with E-state index in [-0.39, 0.29) is 33.3 Å².